The number of aliphatic hydroxyl groups is 1. The molecule has 0 bridgehead atoms. The Morgan fingerprint density at radius 2 is 1.92 bits per heavy atom. The molecule has 1 aliphatic carbocycles. The Hall–Kier alpha value is -0.820. The average molecular weight is 176 g/mol. The van der Waals surface area contributed by atoms with Gasteiger partial charge < -0.3 is 5.11 Å². The van der Waals surface area contributed by atoms with E-state index in [9.17, 15) is 5.11 Å². The largest absolute Gasteiger partial charge is 0.396 e. The summed E-state index contributed by atoms with van der Waals surface area (Å²) in [7, 11) is 0. The van der Waals surface area contributed by atoms with Crippen LogP contribution in [0.4, 0.5) is 0 Å². The van der Waals surface area contributed by atoms with Crippen LogP contribution in [0.3, 0.4) is 0 Å². The molecule has 70 valence electrons. The molecule has 0 amide bonds. The molecule has 3 atom stereocenters. The summed E-state index contributed by atoms with van der Waals surface area (Å²) in [4.78, 5) is 0. The molecule has 1 saturated carbocycles. The molecule has 0 unspecified atom stereocenters. The minimum atomic E-state index is 0.126. The van der Waals surface area contributed by atoms with Gasteiger partial charge in [-0.25, -0.2) is 0 Å². The van der Waals surface area contributed by atoms with E-state index in [0.717, 1.165) is 0 Å². The Labute approximate surface area is 79.4 Å². The Morgan fingerprint density at radius 1 is 1.31 bits per heavy atom. The van der Waals surface area contributed by atoms with Crippen LogP contribution in [0.25, 0.3) is 0 Å². The van der Waals surface area contributed by atoms with E-state index in [-0.39, 0.29) is 5.41 Å². The fraction of sp³-hybridized carbons (Fsp3) is 0.500. The fourth-order valence-corrected chi connectivity index (χ4v) is 2.37. The van der Waals surface area contributed by atoms with E-state index in [4.69, 9.17) is 0 Å². The van der Waals surface area contributed by atoms with Gasteiger partial charge in [0.2, 0.25) is 0 Å². The van der Waals surface area contributed by atoms with E-state index < -0.39 is 0 Å². The molecule has 1 nitrogen and oxygen atoms in total. The van der Waals surface area contributed by atoms with Crippen molar-refractivity contribution in [2.45, 2.75) is 19.8 Å². The van der Waals surface area contributed by atoms with Crippen molar-refractivity contribution in [2.24, 2.45) is 11.3 Å². The zero-order valence-corrected chi connectivity index (χ0v) is 8.20. The van der Waals surface area contributed by atoms with Crippen LogP contribution < -0.4 is 0 Å². The van der Waals surface area contributed by atoms with Crippen LogP contribution in [0.2, 0.25) is 0 Å². The molecule has 0 aromatic heterocycles. The maximum Gasteiger partial charge on any atom is 0.0493 e. The van der Waals surface area contributed by atoms with Crippen molar-refractivity contribution in [1.82, 2.24) is 0 Å². The molecule has 1 aliphatic rings. The predicted molar refractivity (Wildman–Crippen MR) is 53.5 cm³/mol. The van der Waals surface area contributed by atoms with Gasteiger partial charge in [-0.15, -0.1) is 0 Å². The lowest BCUT2D eigenvalue weighted by Crippen LogP contribution is -2.04. The van der Waals surface area contributed by atoms with Crippen LogP contribution in [-0.4, -0.2) is 11.7 Å². The Bertz CT molecular complexity index is 293. The van der Waals surface area contributed by atoms with Gasteiger partial charge in [0, 0.05) is 12.0 Å². The van der Waals surface area contributed by atoms with Crippen LogP contribution in [0.5, 0.6) is 0 Å². The topological polar surface area (TPSA) is 20.2 Å². The van der Waals surface area contributed by atoms with E-state index in [1.165, 1.54) is 5.56 Å². The summed E-state index contributed by atoms with van der Waals surface area (Å²) in [5, 5.41) is 9.27. The van der Waals surface area contributed by atoms with Crippen molar-refractivity contribution in [3.8, 4) is 0 Å². The van der Waals surface area contributed by atoms with Crippen molar-refractivity contribution in [3.05, 3.63) is 35.9 Å². The summed E-state index contributed by atoms with van der Waals surface area (Å²) < 4.78 is 0. The van der Waals surface area contributed by atoms with Gasteiger partial charge in [0.1, 0.15) is 0 Å². The smallest absolute Gasteiger partial charge is 0.0493 e. The quantitative estimate of drug-likeness (QED) is 0.733. The third-order valence-corrected chi connectivity index (χ3v) is 3.64. The van der Waals surface area contributed by atoms with E-state index in [2.05, 4.69) is 38.1 Å². The first-order valence-electron chi connectivity index (χ1n) is 4.86. The fourth-order valence-electron chi connectivity index (χ4n) is 2.37. The summed E-state index contributed by atoms with van der Waals surface area (Å²) in [5.74, 6) is 1.17. The number of hydrogen-bond acceptors (Lipinski definition) is 1. The first-order chi connectivity index (χ1) is 6.20. The third kappa shape index (κ3) is 1.19. The molecular formula is C12H16O. The summed E-state index contributed by atoms with van der Waals surface area (Å²) in [6.07, 6.45) is 0. The van der Waals surface area contributed by atoms with Crippen molar-refractivity contribution in [1.29, 1.82) is 0 Å². The molecular weight excluding hydrogens is 160 g/mol. The molecule has 0 heterocycles. The lowest BCUT2D eigenvalue weighted by atomic mass is 10.0. The van der Waals surface area contributed by atoms with Crippen LogP contribution >= 0.6 is 0 Å². The maximum atomic E-state index is 9.27. The molecule has 1 aromatic carbocycles. The minimum absolute atomic E-state index is 0.126. The van der Waals surface area contributed by atoms with Crippen LogP contribution in [0.15, 0.2) is 30.3 Å². The summed E-state index contributed by atoms with van der Waals surface area (Å²) in [5.41, 5.74) is 1.49. The van der Waals surface area contributed by atoms with Crippen molar-refractivity contribution < 1.29 is 5.11 Å². The SMILES string of the molecule is C[C@H]1[C@H](c2ccccc2)[C@@]1(C)CO. The van der Waals surface area contributed by atoms with E-state index in [1.54, 1.807) is 0 Å². The van der Waals surface area contributed by atoms with Gasteiger partial charge in [0.15, 0.2) is 0 Å². The number of aliphatic hydroxyl groups excluding tert-OH is 1. The molecule has 13 heavy (non-hydrogen) atoms. The highest BCUT2D eigenvalue weighted by Gasteiger charge is 2.58. The van der Waals surface area contributed by atoms with Gasteiger partial charge in [0.05, 0.1) is 0 Å². The Morgan fingerprint density at radius 3 is 2.38 bits per heavy atom. The molecule has 1 N–H and O–H groups in total. The van der Waals surface area contributed by atoms with E-state index in [1.807, 2.05) is 6.07 Å². The second-order valence-electron chi connectivity index (χ2n) is 4.34. The highest BCUT2D eigenvalue weighted by Crippen LogP contribution is 2.63. The molecule has 0 spiro atoms. The average Bonchev–Trinajstić information content (AvgIpc) is 2.72. The zero-order chi connectivity index (χ0) is 9.47. The van der Waals surface area contributed by atoms with Crippen LogP contribution in [0, 0.1) is 11.3 Å². The van der Waals surface area contributed by atoms with Gasteiger partial charge in [-0.2, -0.15) is 0 Å². The van der Waals surface area contributed by atoms with E-state index in [0.29, 0.717) is 18.4 Å². The highest BCUT2D eigenvalue weighted by atomic mass is 16.3. The second-order valence-corrected chi connectivity index (χ2v) is 4.34. The Kier molecular flexibility index (Phi) is 1.92. The van der Waals surface area contributed by atoms with E-state index >= 15 is 0 Å². The monoisotopic (exact) mass is 176 g/mol. The summed E-state index contributed by atoms with van der Waals surface area (Å²) >= 11 is 0. The highest BCUT2D eigenvalue weighted by molar-refractivity contribution is 5.31. The number of hydrogen-bond donors (Lipinski definition) is 1. The lowest BCUT2D eigenvalue weighted by molar-refractivity contribution is 0.211. The third-order valence-electron chi connectivity index (χ3n) is 3.64. The molecule has 0 aliphatic heterocycles. The normalized spacial score (nSPS) is 37.5. The van der Waals surface area contributed by atoms with Gasteiger partial charge in [0.25, 0.3) is 0 Å². The predicted octanol–water partition coefficient (Wildman–Crippen LogP) is 2.42. The van der Waals surface area contributed by atoms with Crippen molar-refractivity contribution >= 4 is 0 Å². The molecule has 0 radical (unpaired) electrons. The first-order valence-corrected chi connectivity index (χ1v) is 4.86. The second kappa shape index (κ2) is 2.85. The number of benzene rings is 1. The van der Waals surface area contributed by atoms with Crippen molar-refractivity contribution in [2.75, 3.05) is 6.61 Å². The van der Waals surface area contributed by atoms with Crippen LogP contribution in [-0.2, 0) is 0 Å². The Balaban J connectivity index is 2.23. The summed E-state index contributed by atoms with van der Waals surface area (Å²) in [6.45, 7) is 4.68. The van der Waals surface area contributed by atoms with Gasteiger partial charge in [-0.3, -0.25) is 0 Å². The van der Waals surface area contributed by atoms with Crippen molar-refractivity contribution in [3.63, 3.8) is 0 Å². The summed E-state index contributed by atoms with van der Waals surface area (Å²) in [6, 6.07) is 10.5. The molecule has 2 rings (SSSR count). The molecule has 0 saturated heterocycles. The van der Waals surface area contributed by atoms with Gasteiger partial charge in [-0.05, 0) is 17.4 Å². The maximum absolute atomic E-state index is 9.27. The van der Waals surface area contributed by atoms with Gasteiger partial charge in [-0.1, -0.05) is 44.2 Å². The first kappa shape index (κ1) is 8.76. The minimum Gasteiger partial charge on any atom is -0.396 e. The van der Waals surface area contributed by atoms with Gasteiger partial charge >= 0.3 is 0 Å². The standard InChI is InChI=1S/C12H16O/c1-9-11(12(9,2)8-13)10-6-4-3-5-7-10/h3-7,9,11,13H,8H2,1-2H3/t9-,11+,12-/m0/s1. The molecule has 1 aromatic rings. The molecule has 1 fully saturated rings. The zero-order valence-electron chi connectivity index (χ0n) is 8.20. The van der Waals surface area contributed by atoms with Crippen LogP contribution in [0.1, 0.15) is 25.3 Å². The number of rotatable bonds is 2. The lowest BCUT2D eigenvalue weighted by Gasteiger charge is -2.05. The molecule has 1 heteroatoms.